The third kappa shape index (κ3) is 3.98. The summed E-state index contributed by atoms with van der Waals surface area (Å²) in [5, 5.41) is 0. The van der Waals surface area contributed by atoms with E-state index in [1.54, 1.807) is 12.5 Å². The van der Waals surface area contributed by atoms with Crippen LogP contribution in [0.25, 0.3) is 0 Å². The molecule has 0 fully saturated rings. The van der Waals surface area contributed by atoms with Crippen molar-refractivity contribution in [3.8, 4) is 0 Å². The van der Waals surface area contributed by atoms with Gasteiger partial charge in [0.2, 0.25) is 0 Å². The fourth-order valence-corrected chi connectivity index (χ4v) is 0.612. The van der Waals surface area contributed by atoms with Gasteiger partial charge < -0.3 is 4.74 Å². The summed E-state index contributed by atoms with van der Waals surface area (Å²) in [6.07, 6.45) is 18.5. The first-order chi connectivity index (χ1) is 5.50. The van der Waals surface area contributed by atoms with Gasteiger partial charge in [-0.1, -0.05) is 36.5 Å². The lowest BCUT2D eigenvalue weighted by atomic mass is 10.4. The van der Waals surface area contributed by atoms with E-state index in [-0.39, 0.29) is 0 Å². The SMILES string of the molecule is C1=CC=CC=COC=CC=C1. The molecule has 0 saturated heterocycles. The minimum atomic E-state index is 1.62. The van der Waals surface area contributed by atoms with E-state index in [0.717, 1.165) is 0 Å². The Morgan fingerprint density at radius 1 is 0.455 bits per heavy atom. The maximum atomic E-state index is 4.97. The number of rotatable bonds is 0. The van der Waals surface area contributed by atoms with Crippen molar-refractivity contribution in [1.82, 2.24) is 0 Å². The Kier molecular flexibility index (Phi) is 3.66. The Bertz CT molecular complexity index is 205. The minimum absolute atomic E-state index is 1.62. The van der Waals surface area contributed by atoms with E-state index >= 15 is 0 Å². The highest BCUT2D eigenvalue weighted by Gasteiger charge is 1.68. The van der Waals surface area contributed by atoms with Crippen molar-refractivity contribution in [2.24, 2.45) is 0 Å². The number of allylic oxidation sites excluding steroid dienone is 8. The normalized spacial score (nSPS) is 16.0. The smallest absolute Gasteiger partial charge is 0.0901 e. The Hall–Kier alpha value is -1.50. The maximum Gasteiger partial charge on any atom is 0.0901 e. The molecule has 0 spiro atoms. The second kappa shape index (κ2) is 5.30. The molecule has 0 amide bonds. The molecule has 0 aliphatic carbocycles. The van der Waals surface area contributed by atoms with Gasteiger partial charge in [0, 0.05) is 0 Å². The molecule has 0 bridgehead atoms. The first kappa shape index (κ1) is 7.61. The van der Waals surface area contributed by atoms with Crippen molar-refractivity contribution in [1.29, 1.82) is 0 Å². The van der Waals surface area contributed by atoms with Gasteiger partial charge in [-0.3, -0.25) is 0 Å². The predicted octanol–water partition coefficient (Wildman–Crippen LogP) is 2.71. The van der Waals surface area contributed by atoms with E-state index in [1.807, 2.05) is 48.6 Å². The zero-order valence-corrected chi connectivity index (χ0v) is 6.18. The van der Waals surface area contributed by atoms with Gasteiger partial charge >= 0.3 is 0 Å². The van der Waals surface area contributed by atoms with Crippen molar-refractivity contribution in [3.05, 3.63) is 61.1 Å². The van der Waals surface area contributed by atoms with Crippen LogP contribution in [-0.4, -0.2) is 0 Å². The summed E-state index contributed by atoms with van der Waals surface area (Å²) in [5.74, 6) is 0. The van der Waals surface area contributed by atoms with Gasteiger partial charge in [0.05, 0.1) is 12.5 Å². The summed E-state index contributed by atoms with van der Waals surface area (Å²) < 4.78 is 4.97. The summed E-state index contributed by atoms with van der Waals surface area (Å²) in [6, 6.07) is 0. The highest BCUT2D eigenvalue weighted by molar-refractivity contribution is 5.17. The van der Waals surface area contributed by atoms with Crippen LogP contribution in [0.2, 0.25) is 0 Å². The van der Waals surface area contributed by atoms with Crippen LogP contribution in [0.3, 0.4) is 0 Å². The molecule has 1 heterocycles. The Morgan fingerprint density at radius 3 is 1.27 bits per heavy atom. The fourth-order valence-electron chi connectivity index (χ4n) is 0.612. The minimum Gasteiger partial charge on any atom is -0.473 e. The van der Waals surface area contributed by atoms with Crippen molar-refractivity contribution >= 4 is 0 Å². The molecular weight excluding hydrogens is 136 g/mol. The van der Waals surface area contributed by atoms with Gasteiger partial charge in [-0.15, -0.1) is 0 Å². The first-order valence-corrected chi connectivity index (χ1v) is 3.47. The predicted molar refractivity (Wildman–Crippen MR) is 46.8 cm³/mol. The van der Waals surface area contributed by atoms with Crippen LogP contribution in [0.1, 0.15) is 0 Å². The van der Waals surface area contributed by atoms with Crippen LogP contribution < -0.4 is 0 Å². The molecule has 1 aliphatic rings. The standard InChI is InChI=1S/C10H10O/c1-2-4-6-8-10-11-9-7-5-3-1/h1-10H. The molecule has 0 aromatic carbocycles. The highest BCUT2D eigenvalue weighted by atomic mass is 16.5. The topological polar surface area (TPSA) is 9.23 Å². The summed E-state index contributed by atoms with van der Waals surface area (Å²) >= 11 is 0. The molecule has 0 radical (unpaired) electrons. The maximum absolute atomic E-state index is 4.97. The number of hydrogen-bond donors (Lipinski definition) is 0. The van der Waals surface area contributed by atoms with Crippen molar-refractivity contribution in [2.45, 2.75) is 0 Å². The molecule has 11 heavy (non-hydrogen) atoms. The van der Waals surface area contributed by atoms with Gasteiger partial charge in [-0.05, 0) is 12.2 Å². The lowest BCUT2D eigenvalue weighted by Crippen LogP contribution is -1.61. The Morgan fingerprint density at radius 2 is 0.818 bits per heavy atom. The average Bonchev–Trinajstić information content (AvgIpc) is 2.08. The molecule has 1 nitrogen and oxygen atoms in total. The second-order valence-corrected chi connectivity index (χ2v) is 1.95. The molecule has 0 saturated carbocycles. The first-order valence-electron chi connectivity index (χ1n) is 3.47. The van der Waals surface area contributed by atoms with Gasteiger partial charge in [-0.25, -0.2) is 0 Å². The quantitative estimate of drug-likeness (QED) is 0.510. The van der Waals surface area contributed by atoms with Crippen LogP contribution in [0.15, 0.2) is 61.1 Å². The molecule has 1 aliphatic heterocycles. The molecule has 0 atom stereocenters. The molecule has 0 N–H and O–H groups in total. The summed E-state index contributed by atoms with van der Waals surface area (Å²) in [4.78, 5) is 0. The summed E-state index contributed by atoms with van der Waals surface area (Å²) in [7, 11) is 0. The molecule has 0 aromatic heterocycles. The van der Waals surface area contributed by atoms with E-state index in [0.29, 0.717) is 0 Å². The van der Waals surface area contributed by atoms with Gasteiger partial charge in [0.15, 0.2) is 0 Å². The van der Waals surface area contributed by atoms with Crippen LogP contribution in [-0.2, 0) is 4.74 Å². The zero-order chi connectivity index (χ0) is 7.78. The lowest BCUT2D eigenvalue weighted by molar-refractivity contribution is 0.403. The van der Waals surface area contributed by atoms with Crippen LogP contribution in [0, 0.1) is 0 Å². The molecule has 0 aromatic rings. The summed E-state index contributed by atoms with van der Waals surface area (Å²) in [6.45, 7) is 0. The van der Waals surface area contributed by atoms with E-state index in [1.165, 1.54) is 0 Å². The highest BCUT2D eigenvalue weighted by Crippen LogP contribution is 1.88. The zero-order valence-electron chi connectivity index (χ0n) is 6.18. The van der Waals surface area contributed by atoms with Crippen LogP contribution in [0.4, 0.5) is 0 Å². The molecule has 1 rings (SSSR count). The van der Waals surface area contributed by atoms with E-state index in [9.17, 15) is 0 Å². The monoisotopic (exact) mass is 146 g/mol. The fraction of sp³-hybridized carbons (Fsp3) is 0. The Balaban J connectivity index is 2.61. The van der Waals surface area contributed by atoms with Crippen LogP contribution >= 0.6 is 0 Å². The molecule has 0 unspecified atom stereocenters. The van der Waals surface area contributed by atoms with Crippen molar-refractivity contribution in [3.63, 3.8) is 0 Å². The number of ether oxygens (including phenoxy) is 1. The largest absolute Gasteiger partial charge is 0.473 e. The van der Waals surface area contributed by atoms with Gasteiger partial charge in [0.25, 0.3) is 0 Å². The molecule has 56 valence electrons. The number of hydrogen-bond acceptors (Lipinski definition) is 1. The van der Waals surface area contributed by atoms with Crippen LogP contribution in [0.5, 0.6) is 0 Å². The second-order valence-electron chi connectivity index (χ2n) is 1.95. The molecule has 1 heteroatoms. The van der Waals surface area contributed by atoms with E-state index in [4.69, 9.17) is 4.74 Å². The average molecular weight is 146 g/mol. The molecular formula is C10H10O. The summed E-state index contributed by atoms with van der Waals surface area (Å²) in [5.41, 5.74) is 0. The Labute approximate surface area is 66.7 Å². The van der Waals surface area contributed by atoms with Crippen molar-refractivity contribution < 1.29 is 4.74 Å². The third-order valence-electron chi connectivity index (χ3n) is 1.09. The van der Waals surface area contributed by atoms with E-state index in [2.05, 4.69) is 0 Å². The third-order valence-corrected chi connectivity index (χ3v) is 1.09. The van der Waals surface area contributed by atoms with E-state index < -0.39 is 0 Å². The lowest BCUT2D eigenvalue weighted by Gasteiger charge is -1.83. The van der Waals surface area contributed by atoms with Gasteiger partial charge in [-0.2, -0.15) is 0 Å². The van der Waals surface area contributed by atoms with Gasteiger partial charge in [0.1, 0.15) is 0 Å². The van der Waals surface area contributed by atoms with Crippen molar-refractivity contribution in [2.75, 3.05) is 0 Å².